The van der Waals surface area contributed by atoms with Gasteiger partial charge < -0.3 is 13.9 Å². The fourth-order valence-electron chi connectivity index (χ4n) is 4.12. The molecule has 2 aromatic heterocycles. The van der Waals surface area contributed by atoms with Gasteiger partial charge in [0.1, 0.15) is 5.76 Å². The number of non-ortho nitro benzene ring substituents is 1. The first-order valence-corrected chi connectivity index (χ1v) is 10.4. The molecule has 1 aliphatic rings. The Balaban J connectivity index is 1.35. The summed E-state index contributed by atoms with van der Waals surface area (Å²) in [5.74, 6) is 0.991. The lowest BCUT2D eigenvalue weighted by atomic mass is 10.1. The summed E-state index contributed by atoms with van der Waals surface area (Å²) in [7, 11) is 0. The van der Waals surface area contributed by atoms with E-state index < -0.39 is 0 Å². The van der Waals surface area contributed by atoms with Gasteiger partial charge in [-0.15, -0.1) is 0 Å². The summed E-state index contributed by atoms with van der Waals surface area (Å²) in [5.41, 5.74) is 3.83. The maximum atomic E-state index is 13.0. The fourth-order valence-corrected chi connectivity index (χ4v) is 4.12. The molecule has 1 aliphatic heterocycles. The molecule has 0 radical (unpaired) electrons. The monoisotopic (exact) mass is 422 g/mol. The number of rotatable bonds is 7. The summed E-state index contributed by atoms with van der Waals surface area (Å²) in [5, 5.41) is 10.8. The molecule has 0 aliphatic carbocycles. The van der Waals surface area contributed by atoms with Crippen molar-refractivity contribution in [2.75, 3.05) is 37.6 Å². The Morgan fingerprint density at radius 2 is 1.81 bits per heavy atom. The molecule has 1 aromatic carbocycles. The second-order valence-corrected chi connectivity index (χ2v) is 7.91. The van der Waals surface area contributed by atoms with Gasteiger partial charge in [-0.2, -0.15) is 0 Å². The van der Waals surface area contributed by atoms with Crippen molar-refractivity contribution in [3.63, 3.8) is 0 Å². The Kier molecular flexibility index (Phi) is 5.90. The summed E-state index contributed by atoms with van der Waals surface area (Å²) in [6, 6.07) is 12.4. The average Bonchev–Trinajstić information content (AvgIpc) is 3.38. The van der Waals surface area contributed by atoms with Crippen LogP contribution in [0.1, 0.15) is 27.5 Å². The van der Waals surface area contributed by atoms with Crippen LogP contribution in [-0.2, 0) is 6.54 Å². The quantitative estimate of drug-likeness (QED) is 0.328. The highest BCUT2D eigenvalue weighted by Gasteiger charge is 2.23. The molecule has 1 fully saturated rings. The molecule has 4 rings (SSSR count). The zero-order chi connectivity index (χ0) is 22.0. The summed E-state index contributed by atoms with van der Waals surface area (Å²) in [6.45, 7) is 8.10. The van der Waals surface area contributed by atoms with Crippen LogP contribution >= 0.6 is 0 Å². The molecule has 0 atom stereocenters. The number of anilines is 1. The maximum Gasteiger partial charge on any atom is 0.269 e. The van der Waals surface area contributed by atoms with Gasteiger partial charge in [0.2, 0.25) is 0 Å². The van der Waals surface area contributed by atoms with E-state index in [-0.39, 0.29) is 16.4 Å². The molecule has 0 bridgehead atoms. The number of furan rings is 1. The normalized spacial score (nSPS) is 14.7. The van der Waals surface area contributed by atoms with Crippen LogP contribution in [0.2, 0.25) is 0 Å². The first kappa shape index (κ1) is 20.9. The average molecular weight is 422 g/mol. The molecule has 8 nitrogen and oxygen atoms in total. The number of nitro groups is 1. The van der Waals surface area contributed by atoms with Crippen LogP contribution in [-0.4, -0.2) is 52.9 Å². The van der Waals surface area contributed by atoms with E-state index in [1.165, 1.54) is 12.1 Å². The minimum Gasteiger partial charge on any atom is -0.467 e. The van der Waals surface area contributed by atoms with Gasteiger partial charge in [0.05, 0.1) is 24.3 Å². The Bertz CT molecular complexity index is 1060. The third kappa shape index (κ3) is 4.54. The number of hydrogen-bond acceptors (Lipinski definition) is 6. The van der Waals surface area contributed by atoms with Crippen molar-refractivity contribution < 1.29 is 14.1 Å². The number of aryl methyl sites for hydroxylation is 1. The lowest BCUT2D eigenvalue weighted by molar-refractivity contribution is -0.384. The van der Waals surface area contributed by atoms with Crippen molar-refractivity contribution in [1.82, 2.24) is 9.47 Å². The van der Waals surface area contributed by atoms with Crippen LogP contribution in [0.25, 0.3) is 0 Å². The van der Waals surface area contributed by atoms with E-state index in [0.29, 0.717) is 13.1 Å². The predicted molar refractivity (Wildman–Crippen MR) is 118 cm³/mol. The minimum absolute atomic E-state index is 0.0950. The molecule has 0 N–H and O–H groups in total. The number of aromatic nitrogens is 1. The molecule has 8 heteroatoms. The minimum atomic E-state index is -0.390. The molecule has 162 valence electrons. The van der Waals surface area contributed by atoms with E-state index in [4.69, 9.17) is 4.42 Å². The van der Waals surface area contributed by atoms with E-state index in [2.05, 4.69) is 14.4 Å². The molecule has 0 saturated carbocycles. The van der Waals surface area contributed by atoms with Crippen LogP contribution in [0.5, 0.6) is 0 Å². The van der Waals surface area contributed by atoms with E-state index >= 15 is 0 Å². The number of nitrogens with zero attached hydrogens (tertiary/aromatic N) is 4. The summed E-state index contributed by atoms with van der Waals surface area (Å²) >= 11 is 0. The molecular formula is C23H26N4O4. The van der Waals surface area contributed by atoms with Gasteiger partial charge in [0.15, 0.2) is 5.78 Å². The molecule has 0 amide bonds. The smallest absolute Gasteiger partial charge is 0.269 e. The highest BCUT2D eigenvalue weighted by atomic mass is 16.6. The first-order chi connectivity index (χ1) is 14.9. The number of carbonyl (C=O) groups is 1. The molecule has 31 heavy (non-hydrogen) atoms. The van der Waals surface area contributed by atoms with Gasteiger partial charge in [0.25, 0.3) is 5.69 Å². The molecule has 3 aromatic rings. The number of carbonyl (C=O) groups excluding carboxylic acids is 1. The van der Waals surface area contributed by atoms with Gasteiger partial charge >= 0.3 is 0 Å². The van der Waals surface area contributed by atoms with Crippen LogP contribution in [0.3, 0.4) is 0 Å². The third-order valence-electron chi connectivity index (χ3n) is 5.93. The number of piperazine rings is 1. The van der Waals surface area contributed by atoms with Crippen molar-refractivity contribution in [2.45, 2.75) is 20.4 Å². The van der Waals surface area contributed by atoms with Crippen molar-refractivity contribution in [3.05, 3.63) is 81.6 Å². The molecule has 0 spiro atoms. The molecule has 1 saturated heterocycles. The van der Waals surface area contributed by atoms with Gasteiger partial charge in [0, 0.05) is 61.0 Å². The SMILES string of the molecule is Cc1cc(C(=O)CN2CCN(c3ccc([N+](=O)[O-])cc3)CC2)c(C)n1Cc1ccco1. The number of Topliss-reactive ketones (excluding diaryl/α,β-unsaturated/α-hetero) is 1. The number of nitro benzene ring substituents is 1. The summed E-state index contributed by atoms with van der Waals surface area (Å²) < 4.78 is 7.56. The van der Waals surface area contributed by atoms with Crippen LogP contribution in [0.4, 0.5) is 11.4 Å². The zero-order valence-electron chi connectivity index (χ0n) is 17.8. The summed E-state index contributed by atoms with van der Waals surface area (Å²) in [4.78, 5) is 27.8. The number of ketones is 1. The topological polar surface area (TPSA) is 84.8 Å². The lowest BCUT2D eigenvalue weighted by Crippen LogP contribution is -2.48. The fraction of sp³-hybridized carbons (Fsp3) is 0.348. The van der Waals surface area contributed by atoms with Gasteiger partial charge in [-0.3, -0.25) is 19.8 Å². The van der Waals surface area contributed by atoms with E-state index in [1.807, 2.05) is 32.0 Å². The van der Waals surface area contributed by atoms with Crippen molar-refractivity contribution in [3.8, 4) is 0 Å². The number of hydrogen-bond donors (Lipinski definition) is 0. The highest BCUT2D eigenvalue weighted by Crippen LogP contribution is 2.22. The third-order valence-corrected chi connectivity index (χ3v) is 5.93. The van der Waals surface area contributed by atoms with Crippen LogP contribution in [0, 0.1) is 24.0 Å². The van der Waals surface area contributed by atoms with Gasteiger partial charge in [-0.25, -0.2) is 0 Å². The molecule has 3 heterocycles. The number of benzene rings is 1. The maximum absolute atomic E-state index is 13.0. The Morgan fingerprint density at radius 3 is 2.42 bits per heavy atom. The van der Waals surface area contributed by atoms with Crippen molar-refractivity contribution >= 4 is 17.2 Å². The summed E-state index contributed by atoms with van der Waals surface area (Å²) in [6.07, 6.45) is 1.66. The molecular weight excluding hydrogens is 396 g/mol. The molecule has 0 unspecified atom stereocenters. The zero-order valence-corrected chi connectivity index (χ0v) is 17.8. The van der Waals surface area contributed by atoms with E-state index in [1.54, 1.807) is 18.4 Å². The Hall–Kier alpha value is -3.39. The van der Waals surface area contributed by atoms with Crippen molar-refractivity contribution in [1.29, 1.82) is 0 Å². The standard InChI is InChI=1S/C23H26N4O4/c1-17-14-22(18(2)26(17)15-21-4-3-13-31-21)23(28)16-24-9-11-25(12-10-24)19-5-7-20(8-6-19)27(29)30/h3-8,13-14H,9-12,15-16H2,1-2H3. The van der Waals surface area contributed by atoms with E-state index in [0.717, 1.165) is 54.6 Å². The van der Waals surface area contributed by atoms with Crippen molar-refractivity contribution in [2.24, 2.45) is 0 Å². The van der Waals surface area contributed by atoms with Gasteiger partial charge in [-0.1, -0.05) is 0 Å². The van der Waals surface area contributed by atoms with E-state index in [9.17, 15) is 14.9 Å². The first-order valence-electron chi connectivity index (χ1n) is 10.4. The second kappa shape index (κ2) is 8.77. The van der Waals surface area contributed by atoms with Crippen LogP contribution < -0.4 is 4.90 Å². The lowest BCUT2D eigenvalue weighted by Gasteiger charge is -2.35. The highest BCUT2D eigenvalue weighted by molar-refractivity contribution is 5.99. The van der Waals surface area contributed by atoms with Crippen LogP contribution in [0.15, 0.2) is 53.1 Å². The second-order valence-electron chi connectivity index (χ2n) is 7.91. The predicted octanol–water partition coefficient (Wildman–Crippen LogP) is 3.66. The van der Waals surface area contributed by atoms with Gasteiger partial charge in [-0.05, 0) is 44.2 Å². The Morgan fingerprint density at radius 1 is 1.10 bits per heavy atom. The Labute approximate surface area is 180 Å². The largest absolute Gasteiger partial charge is 0.467 e.